The zero-order chi connectivity index (χ0) is 24.1. The Morgan fingerprint density at radius 2 is 2.06 bits per heavy atom. The van der Waals surface area contributed by atoms with E-state index in [-0.39, 0.29) is 18.4 Å². The molecule has 0 saturated heterocycles. The fourth-order valence-corrected chi connectivity index (χ4v) is 4.28. The lowest BCUT2D eigenvalue weighted by molar-refractivity contribution is 0.101. The molecule has 1 fully saturated rings. The molecule has 1 aliphatic rings. The van der Waals surface area contributed by atoms with Crippen molar-refractivity contribution in [2.75, 3.05) is 11.9 Å². The maximum absolute atomic E-state index is 13.2. The van der Waals surface area contributed by atoms with Crippen molar-refractivity contribution < 1.29 is 22.5 Å². The smallest absolute Gasteiger partial charge is 0.333 e. The van der Waals surface area contributed by atoms with Gasteiger partial charge in [0, 0.05) is 42.3 Å². The van der Waals surface area contributed by atoms with E-state index in [0.717, 1.165) is 5.56 Å². The Kier molecular flexibility index (Phi) is 7.17. The van der Waals surface area contributed by atoms with Crippen molar-refractivity contribution in [1.82, 2.24) is 14.5 Å². The van der Waals surface area contributed by atoms with Crippen LogP contribution in [0, 0.1) is 5.92 Å². The third kappa shape index (κ3) is 6.14. The van der Waals surface area contributed by atoms with Crippen molar-refractivity contribution in [3.63, 3.8) is 0 Å². The average molecular weight is 484 g/mol. The summed E-state index contributed by atoms with van der Waals surface area (Å²) in [6, 6.07) is 11.3. The monoisotopic (exact) mass is 483 g/mol. The van der Waals surface area contributed by atoms with Gasteiger partial charge < -0.3 is 15.0 Å². The number of aromatic nitrogens is 3. The van der Waals surface area contributed by atoms with Crippen molar-refractivity contribution >= 4 is 34.2 Å². The Balaban J connectivity index is 1.44. The Labute approximate surface area is 197 Å². The number of carbonyl (C=O) groups excluding carboxylic acids is 1. The van der Waals surface area contributed by atoms with Crippen molar-refractivity contribution in [3.8, 4) is 0 Å². The van der Waals surface area contributed by atoms with E-state index in [2.05, 4.69) is 19.5 Å². The summed E-state index contributed by atoms with van der Waals surface area (Å²) >= 11 is 0. The van der Waals surface area contributed by atoms with Crippen LogP contribution in [-0.2, 0) is 14.5 Å². The average Bonchev–Trinajstić information content (AvgIpc) is 3.43. The largest absolute Gasteiger partial charge is 0.393 e. The van der Waals surface area contributed by atoms with E-state index < -0.39 is 22.3 Å². The predicted octanol–water partition coefficient (Wildman–Crippen LogP) is 1.91. The lowest BCUT2D eigenvalue weighted by atomic mass is 10.1. The molecular weight excluding hydrogens is 458 g/mol. The number of nitrogens with one attached hydrogen (secondary N) is 1. The number of carbonyl (C=O) groups is 1. The van der Waals surface area contributed by atoms with Crippen molar-refractivity contribution in [2.24, 2.45) is 11.1 Å². The molecule has 1 aromatic carbocycles. The first-order valence-electron chi connectivity index (χ1n) is 10.7. The molecule has 3 aromatic rings. The lowest BCUT2D eigenvalue weighted by Crippen LogP contribution is -2.24. The molecule has 0 radical (unpaired) electrons. The van der Waals surface area contributed by atoms with Gasteiger partial charge in [-0.05, 0) is 30.5 Å². The number of benzene rings is 1. The second kappa shape index (κ2) is 10.3. The zero-order valence-electron chi connectivity index (χ0n) is 18.2. The van der Waals surface area contributed by atoms with E-state index in [1.54, 1.807) is 23.0 Å². The topological polar surface area (TPSA) is 149 Å². The molecule has 10 nitrogen and oxygen atoms in total. The molecule has 1 aliphatic carbocycles. The molecule has 34 heavy (non-hydrogen) atoms. The SMILES string of the molecule is NS(=O)(=O)OCC1CC(Nc2ncncc2C(=O)c2ccn(C=Cc3ccccc3)c2)CC1O. The first-order valence-corrected chi connectivity index (χ1v) is 12.1. The molecule has 0 aliphatic heterocycles. The van der Waals surface area contributed by atoms with Gasteiger partial charge in [-0.15, -0.1) is 0 Å². The number of nitrogens with zero attached hydrogens (tertiary/aromatic N) is 3. The van der Waals surface area contributed by atoms with E-state index in [4.69, 9.17) is 5.14 Å². The minimum absolute atomic E-state index is 0.211. The minimum Gasteiger partial charge on any atom is -0.393 e. The van der Waals surface area contributed by atoms with E-state index in [1.807, 2.05) is 42.6 Å². The van der Waals surface area contributed by atoms with Crippen LogP contribution in [0.5, 0.6) is 0 Å². The standard InChI is InChI=1S/C23H25N5O5S/c24-34(31,32)33-14-18-10-19(11-21(18)29)27-23-20(12-25-15-26-23)22(30)17-7-9-28(13-17)8-6-16-4-2-1-3-5-16/h1-9,12-13,15,18-19,21,29H,10-11,14H2,(H2,24,31,32)(H,25,26,27). The Morgan fingerprint density at radius 1 is 1.26 bits per heavy atom. The minimum atomic E-state index is -4.08. The fourth-order valence-electron chi connectivity index (χ4n) is 3.92. The summed E-state index contributed by atoms with van der Waals surface area (Å²) in [5.74, 6) is -0.317. The van der Waals surface area contributed by atoms with E-state index in [0.29, 0.717) is 29.8 Å². The number of aliphatic hydroxyl groups excluding tert-OH is 1. The Hall–Kier alpha value is -3.38. The lowest BCUT2D eigenvalue weighted by Gasteiger charge is -2.15. The van der Waals surface area contributed by atoms with Crippen LogP contribution in [0.3, 0.4) is 0 Å². The van der Waals surface area contributed by atoms with E-state index in [9.17, 15) is 18.3 Å². The first kappa shape index (κ1) is 23.8. The van der Waals surface area contributed by atoms with Gasteiger partial charge in [0.1, 0.15) is 12.1 Å². The normalized spacial score (nSPS) is 20.6. The molecule has 0 amide bonds. The van der Waals surface area contributed by atoms with Crippen molar-refractivity contribution in [1.29, 1.82) is 0 Å². The van der Waals surface area contributed by atoms with Gasteiger partial charge in [-0.3, -0.25) is 8.98 Å². The van der Waals surface area contributed by atoms with Gasteiger partial charge in [-0.1, -0.05) is 30.3 Å². The molecule has 1 saturated carbocycles. The summed E-state index contributed by atoms with van der Waals surface area (Å²) in [5, 5.41) is 18.3. The second-order valence-electron chi connectivity index (χ2n) is 8.11. The van der Waals surface area contributed by atoms with Crippen LogP contribution >= 0.6 is 0 Å². The fraction of sp³-hybridized carbons (Fsp3) is 0.261. The second-order valence-corrected chi connectivity index (χ2v) is 9.33. The summed E-state index contributed by atoms with van der Waals surface area (Å²) < 4.78 is 28.5. The molecule has 0 bridgehead atoms. The molecule has 3 atom stereocenters. The quantitative estimate of drug-likeness (QED) is 0.391. The number of hydrogen-bond acceptors (Lipinski definition) is 8. The zero-order valence-corrected chi connectivity index (χ0v) is 19.0. The summed E-state index contributed by atoms with van der Waals surface area (Å²) in [5.41, 5.74) is 1.81. The highest BCUT2D eigenvalue weighted by Gasteiger charge is 2.34. The molecule has 2 aromatic heterocycles. The molecule has 2 heterocycles. The van der Waals surface area contributed by atoms with Gasteiger partial charge >= 0.3 is 10.3 Å². The molecule has 4 rings (SSSR count). The van der Waals surface area contributed by atoms with Crippen LogP contribution in [-0.4, -0.2) is 52.6 Å². The van der Waals surface area contributed by atoms with Gasteiger partial charge in [0.15, 0.2) is 5.78 Å². The molecule has 178 valence electrons. The molecular formula is C23H25N5O5S. The highest BCUT2D eigenvalue weighted by Crippen LogP contribution is 2.30. The van der Waals surface area contributed by atoms with Crippen LogP contribution in [0.4, 0.5) is 5.82 Å². The summed E-state index contributed by atoms with van der Waals surface area (Å²) in [6.45, 7) is -0.211. The first-order chi connectivity index (χ1) is 16.3. The summed E-state index contributed by atoms with van der Waals surface area (Å²) in [6.07, 6.45) is 10.1. The number of nitrogens with two attached hydrogens (primary N) is 1. The Bertz CT molecular complexity index is 1280. The van der Waals surface area contributed by atoms with Gasteiger partial charge in [-0.25, -0.2) is 15.1 Å². The highest BCUT2D eigenvalue weighted by atomic mass is 32.2. The number of hydrogen-bond donors (Lipinski definition) is 3. The Morgan fingerprint density at radius 3 is 2.82 bits per heavy atom. The van der Waals surface area contributed by atoms with Gasteiger partial charge in [0.05, 0.1) is 18.3 Å². The van der Waals surface area contributed by atoms with Crippen molar-refractivity contribution in [3.05, 3.63) is 78.0 Å². The van der Waals surface area contributed by atoms with Crippen LogP contribution in [0.25, 0.3) is 12.3 Å². The van der Waals surface area contributed by atoms with Crippen molar-refractivity contribution in [2.45, 2.75) is 25.0 Å². The maximum atomic E-state index is 13.2. The van der Waals surface area contributed by atoms with Crippen LogP contribution < -0.4 is 10.5 Å². The van der Waals surface area contributed by atoms with Crippen LogP contribution in [0.2, 0.25) is 0 Å². The molecule has 11 heteroatoms. The van der Waals surface area contributed by atoms with Gasteiger partial charge in [0.2, 0.25) is 0 Å². The van der Waals surface area contributed by atoms with E-state index >= 15 is 0 Å². The maximum Gasteiger partial charge on any atom is 0.333 e. The summed E-state index contributed by atoms with van der Waals surface area (Å²) in [7, 11) is -4.08. The van der Waals surface area contributed by atoms with Gasteiger partial charge in [0.25, 0.3) is 0 Å². The number of rotatable bonds is 9. The molecule has 4 N–H and O–H groups in total. The molecule has 0 spiro atoms. The third-order valence-corrected chi connectivity index (χ3v) is 6.08. The number of anilines is 1. The molecule has 3 unspecified atom stereocenters. The summed E-state index contributed by atoms with van der Waals surface area (Å²) in [4.78, 5) is 21.4. The number of aliphatic hydroxyl groups is 1. The highest BCUT2D eigenvalue weighted by molar-refractivity contribution is 7.84. The van der Waals surface area contributed by atoms with Gasteiger partial charge in [-0.2, -0.15) is 8.42 Å². The third-order valence-electron chi connectivity index (χ3n) is 5.62. The van der Waals surface area contributed by atoms with E-state index in [1.165, 1.54) is 12.5 Å². The van der Waals surface area contributed by atoms with Crippen LogP contribution in [0.15, 0.2) is 61.3 Å². The number of ketones is 1. The van der Waals surface area contributed by atoms with Crippen LogP contribution in [0.1, 0.15) is 34.3 Å². The predicted molar refractivity (Wildman–Crippen MR) is 127 cm³/mol.